The zero-order valence-corrected chi connectivity index (χ0v) is 14.3. The summed E-state index contributed by atoms with van der Waals surface area (Å²) < 4.78 is 11.2. The van der Waals surface area contributed by atoms with Crippen molar-refractivity contribution in [3.63, 3.8) is 0 Å². The molecule has 0 fully saturated rings. The number of anilines is 1. The molecule has 126 valence electrons. The number of fused-ring (bicyclic) bond motifs is 1. The molecule has 23 heavy (non-hydrogen) atoms. The molecule has 2 unspecified atom stereocenters. The summed E-state index contributed by atoms with van der Waals surface area (Å²) in [6.07, 6.45) is 1.66. The highest BCUT2D eigenvalue weighted by Crippen LogP contribution is 2.36. The van der Waals surface area contributed by atoms with E-state index in [1.807, 2.05) is 24.8 Å². The molecule has 1 aliphatic rings. The van der Waals surface area contributed by atoms with E-state index in [-0.39, 0.29) is 17.9 Å². The summed E-state index contributed by atoms with van der Waals surface area (Å²) in [4.78, 5) is 25.9. The summed E-state index contributed by atoms with van der Waals surface area (Å²) in [6.45, 7) is 8.41. The molecule has 5 heteroatoms. The van der Waals surface area contributed by atoms with Gasteiger partial charge in [-0.15, -0.1) is 0 Å². The first-order valence-corrected chi connectivity index (χ1v) is 8.22. The number of rotatable bonds is 6. The zero-order chi connectivity index (χ0) is 17.0. The first-order valence-electron chi connectivity index (χ1n) is 8.22. The Bertz CT molecular complexity index is 584. The van der Waals surface area contributed by atoms with E-state index >= 15 is 0 Å². The van der Waals surface area contributed by atoms with Gasteiger partial charge in [0.2, 0.25) is 0 Å². The molecule has 2 rings (SSSR count). The van der Waals surface area contributed by atoms with Gasteiger partial charge in [-0.05, 0) is 44.9 Å². The molecule has 0 saturated heterocycles. The lowest BCUT2D eigenvalue weighted by molar-refractivity contribution is -0.145. The Balaban J connectivity index is 2.33. The van der Waals surface area contributed by atoms with Gasteiger partial charge < -0.3 is 14.4 Å². The zero-order valence-electron chi connectivity index (χ0n) is 14.3. The van der Waals surface area contributed by atoms with Crippen molar-refractivity contribution >= 4 is 17.4 Å². The Morgan fingerprint density at radius 3 is 2.74 bits per heavy atom. The van der Waals surface area contributed by atoms with Gasteiger partial charge >= 0.3 is 5.97 Å². The van der Waals surface area contributed by atoms with E-state index in [2.05, 4.69) is 6.92 Å². The maximum Gasteiger partial charge on any atom is 0.328 e. The third-order valence-corrected chi connectivity index (χ3v) is 4.08. The summed E-state index contributed by atoms with van der Waals surface area (Å²) in [6, 6.07) is 4.95. The summed E-state index contributed by atoms with van der Waals surface area (Å²) in [5, 5.41) is 0. The van der Waals surface area contributed by atoms with Crippen LogP contribution in [0.15, 0.2) is 18.2 Å². The number of nitrogens with zero attached hydrogens (tertiary/aromatic N) is 1. The number of benzene rings is 1. The van der Waals surface area contributed by atoms with Crippen molar-refractivity contribution in [2.75, 3.05) is 18.1 Å². The first-order chi connectivity index (χ1) is 11.0. The average Bonchev–Trinajstić information content (AvgIpc) is 2.57. The third-order valence-electron chi connectivity index (χ3n) is 4.08. The molecule has 5 nitrogen and oxygen atoms in total. The quantitative estimate of drug-likeness (QED) is 0.595. The van der Waals surface area contributed by atoms with E-state index in [9.17, 15) is 9.59 Å². The molecule has 0 N–H and O–H groups in total. The van der Waals surface area contributed by atoms with Gasteiger partial charge in [0.1, 0.15) is 17.9 Å². The monoisotopic (exact) mass is 319 g/mol. The molecular weight excluding hydrogens is 294 g/mol. The molecule has 0 aliphatic carbocycles. The van der Waals surface area contributed by atoms with Crippen molar-refractivity contribution < 1.29 is 19.1 Å². The normalized spacial score (nSPS) is 17.9. The van der Waals surface area contributed by atoms with Crippen LogP contribution in [0.5, 0.6) is 5.75 Å². The molecule has 2 atom stereocenters. The highest BCUT2D eigenvalue weighted by Gasteiger charge is 2.32. The lowest BCUT2D eigenvalue weighted by Gasteiger charge is -2.38. The van der Waals surface area contributed by atoms with Crippen molar-refractivity contribution in [3.8, 4) is 5.75 Å². The van der Waals surface area contributed by atoms with E-state index in [0.29, 0.717) is 24.5 Å². The van der Waals surface area contributed by atoms with Gasteiger partial charge in [0.05, 0.1) is 18.8 Å². The average molecular weight is 319 g/mol. The fraction of sp³-hybridized carbons (Fsp3) is 0.556. The smallest absolute Gasteiger partial charge is 0.328 e. The fourth-order valence-electron chi connectivity index (χ4n) is 2.62. The van der Waals surface area contributed by atoms with Gasteiger partial charge in [-0.3, -0.25) is 4.79 Å². The summed E-state index contributed by atoms with van der Waals surface area (Å²) >= 11 is 0. The Hall–Kier alpha value is -2.04. The van der Waals surface area contributed by atoms with Crippen LogP contribution in [-0.4, -0.2) is 37.0 Å². The van der Waals surface area contributed by atoms with Crippen LogP contribution < -0.4 is 9.64 Å². The summed E-state index contributed by atoms with van der Waals surface area (Å²) in [5.41, 5.74) is 1.39. The van der Waals surface area contributed by atoms with Gasteiger partial charge in [0.15, 0.2) is 5.78 Å². The second-order valence-corrected chi connectivity index (χ2v) is 5.88. The highest BCUT2D eigenvalue weighted by molar-refractivity contribution is 5.96. The molecule has 1 aromatic carbocycles. The molecule has 0 amide bonds. The predicted molar refractivity (Wildman–Crippen MR) is 89.2 cm³/mol. The van der Waals surface area contributed by atoms with Crippen molar-refractivity contribution in [2.45, 2.75) is 52.7 Å². The maximum absolute atomic E-state index is 12.3. The van der Waals surface area contributed by atoms with Crippen molar-refractivity contribution in [3.05, 3.63) is 23.8 Å². The number of esters is 1. The highest BCUT2D eigenvalue weighted by atomic mass is 16.5. The molecule has 0 aromatic heterocycles. The number of ether oxygens (including phenoxy) is 2. The Kier molecular flexibility index (Phi) is 5.64. The SMILES string of the molecule is CCCOC(=O)C(C)N1CC(CC)Oc2ccc(C(C)=O)cc21. The second kappa shape index (κ2) is 7.49. The number of Topliss-reactive ketones (excluding diaryl/α,β-unsaturated/α-hetero) is 1. The topological polar surface area (TPSA) is 55.8 Å². The van der Waals surface area contributed by atoms with Gasteiger partial charge in [-0.1, -0.05) is 13.8 Å². The van der Waals surface area contributed by atoms with Crippen LogP contribution in [0.1, 0.15) is 50.9 Å². The Morgan fingerprint density at radius 2 is 2.13 bits per heavy atom. The van der Waals surface area contributed by atoms with Crippen LogP contribution >= 0.6 is 0 Å². The van der Waals surface area contributed by atoms with Crippen molar-refractivity contribution in [2.24, 2.45) is 0 Å². The summed E-state index contributed by atoms with van der Waals surface area (Å²) in [5.74, 6) is 0.456. The number of ketones is 1. The van der Waals surface area contributed by atoms with Crippen LogP contribution in [-0.2, 0) is 9.53 Å². The van der Waals surface area contributed by atoms with E-state index in [0.717, 1.165) is 18.5 Å². The van der Waals surface area contributed by atoms with Crippen LogP contribution in [0.2, 0.25) is 0 Å². The van der Waals surface area contributed by atoms with Crippen LogP contribution in [0.4, 0.5) is 5.69 Å². The fourth-order valence-corrected chi connectivity index (χ4v) is 2.62. The number of carbonyl (C=O) groups is 2. The van der Waals surface area contributed by atoms with Crippen LogP contribution in [0.25, 0.3) is 0 Å². The van der Waals surface area contributed by atoms with E-state index in [1.165, 1.54) is 6.92 Å². The molecule has 0 spiro atoms. The second-order valence-electron chi connectivity index (χ2n) is 5.88. The molecule has 1 aromatic rings. The third kappa shape index (κ3) is 3.84. The molecule has 0 radical (unpaired) electrons. The first kappa shape index (κ1) is 17.3. The minimum atomic E-state index is -0.416. The minimum Gasteiger partial charge on any atom is -0.486 e. The molecule has 1 aliphatic heterocycles. The lowest BCUT2D eigenvalue weighted by Crippen LogP contribution is -2.48. The molecular formula is C18H25NO4. The minimum absolute atomic E-state index is 0.00780. The van der Waals surface area contributed by atoms with Crippen molar-refractivity contribution in [1.29, 1.82) is 0 Å². The van der Waals surface area contributed by atoms with E-state index in [4.69, 9.17) is 9.47 Å². The number of carbonyl (C=O) groups excluding carboxylic acids is 2. The lowest BCUT2D eigenvalue weighted by atomic mass is 10.1. The molecule has 0 bridgehead atoms. The predicted octanol–water partition coefficient (Wildman–Crippen LogP) is 3.21. The van der Waals surface area contributed by atoms with E-state index < -0.39 is 6.04 Å². The van der Waals surface area contributed by atoms with E-state index in [1.54, 1.807) is 12.1 Å². The number of hydrogen-bond acceptors (Lipinski definition) is 5. The summed E-state index contributed by atoms with van der Waals surface area (Å²) in [7, 11) is 0. The van der Waals surface area contributed by atoms with Crippen LogP contribution in [0, 0.1) is 0 Å². The standard InChI is InChI=1S/C18H25NO4/c1-5-9-22-18(21)12(3)19-11-15(6-2)23-17-8-7-14(13(4)20)10-16(17)19/h7-8,10,12,15H,5-6,9,11H2,1-4H3. The molecule has 1 heterocycles. The molecule has 0 saturated carbocycles. The maximum atomic E-state index is 12.3. The Morgan fingerprint density at radius 1 is 1.39 bits per heavy atom. The Labute approximate surface area is 137 Å². The van der Waals surface area contributed by atoms with Crippen molar-refractivity contribution in [1.82, 2.24) is 0 Å². The van der Waals surface area contributed by atoms with Gasteiger partial charge in [-0.2, -0.15) is 0 Å². The number of hydrogen-bond donors (Lipinski definition) is 0. The van der Waals surface area contributed by atoms with Crippen LogP contribution in [0.3, 0.4) is 0 Å². The van der Waals surface area contributed by atoms with Gasteiger partial charge in [-0.25, -0.2) is 4.79 Å². The van der Waals surface area contributed by atoms with Gasteiger partial charge in [0.25, 0.3) is 0 Å². The largest absolute Gasteiger partial charge is 0.486 e. The van der Waals surface area contributed by atoms with Gasteiger partial charge in [0, 0.05) is 5.56 Å².